The van der Waals surface area contributed by atoms with Crippen LogP contribution in [0.5, 0.6) is 5.75 Å². The van der Waals surface area contributed by atoms with Gasteiger partial charge in [0.25, 0.3) is 10.0 Å². The van der Waals surface area contributed by atoms with E-state index in [0.717, 1.165) is 46.9 Å². The van der Waals surface area contributed by atoms with E-state index in [4.69, 9.17) is 4.74 Å². The van der Waals surface area contributed by atoms with Gasteiger partial charge in [0.1, 0.15) is 10.6 Å². The summed E-state index contributed by atoms with van der Waals surface area (Å²) in [4.78, 5) is 7.10. The maximum Gasteiger partial charge on any atom is 0.267 e. The number of methoxy groups -OCH3 is 1. The van der Waals surface area contributed by atoms with Gasteiger partial charge in [0.05, 0.1) is 17.3 Å². The van der Waals surface area contributed by atoms with Crippen LogP contribution >= 0.6 is 11.3 Å². The summed E-state index contributed by atoms with van der Waals surface area (Å²) >= 11 is 1.36. The topological polar surface area (TPSA) is 71.5 Å². The molecule has 1 saturated heterocycles. The number of likely N-dealkylation sites (tertiary alicyclic amines) is 1. The van der Waals surface area contributed by atoms with Gasteiger partial charge in [-0.15, -0.1) is 0 Å². The summed E-state index contributed by atoms with van der Waals surface area (Å²) in [5.74, 6) is 1.14. The number of nitrogens with one attached hydrogen (secondary N) is 1. The standard InChI is InChI=1S/C23H29N3O3S2/c1-15-7-9-26(10-8-15)14-18-5-6-19-21(13-18)30-23(24-19)25-31(27,28)22-12-17(3)16(2)11-20(22)29-4/h5-6,11-13,15H,7-10,14H2,1-4H3,(H,24,25). The average Bonchev–Trinajstić information content (AvgIpc) is 3.12. The molecule has 31 heavy (non-hydrogen) atoms. The summed E-state index contributed by atoms with van der Waals surface area (Å²) < 4.78 is 35.0. The molecular weight excluding hydrogens is 430 g/mol. The summed E-state index contributed by atoms with van der Waals surface area (Å²) in [5.41, 5.74) is 3.90. The van der Waals surface area contributed by atoms with Crippen molar-refractivity contribution in [3.8, 4) is 5.75 Å². The second kappa shape index (κ2) is 8.76. The molecule has 166 valence electrons. The Balaban J connectivity index is 1.56. The Kier molecular flexibility index (Phi) is 6.23. The van der Waals surface area contributed by atoms with E-state index in [1.165, 1.54) is 36.9 Å². The predicted molar refractivity (Wildman–Crippen MR) is 127 cm³/mol. The molecule has 0 spiro atoms. The molecule has 0 bridgehead atoms. The van der Waals surface area contributed by atoms with Gasteiger partial charge in [0.2, 0.25) is 0 Å². The molecule has 1 N–H and O–H groups in total. The highest BCUT2D eigenvalue weighted by Gasteiger charge is 2.22. The van der Waals surface area contributed by atoms with Crippen LogP contribution in [0.3, 0.4) is 0 Å². The lowest BCUT2D eigenvalue weighted by Crippen LogP contribution is -2.32. The maximum absolute atomic E-state index is 13.0. The van der Waals surface area contributed by atoms with Crippen molar-refractivity contribution < 1.29 is 13.2 Å². The number of hydrogen-bond acceptors (Lipinski definition) is 6. The zero-order valence-corrected chi connectivity index (χ0v) is 20.1. The van der Waals surface area contributed by atoms with E-state index < -0.39 is 10.0 Å². The molecule has 3 aromatic rings. The number of aromatic nitrogens is 1. The molecule has 1 aromatic heterocycles. The number of nitrogens with zero attached hydrogens (tertiary/aromatic N) is 2. The van der Waals surface area contributed by atoms with Crippen LogP contribution in [0.2, 0.25) is 0 Å². The molecule has 1 aliphatic rings. The minimum Gasteiger partial charge on any atom is -0.495 e. The molecule has 0 amide bonds. The lowest BCUT2D eigenvalue weighted by molar-refractivity contribution is 0.185. The lowest BCUT2D eigenvalue weighted by Gasteiger charge is -2.30. The summed E-state index contributed by atoms with van der Waals surface area (Å²) in [6.45, 7) is 9.31. The van der Waals surface area contributed by atoms with Gasteiger partial charge in [-0.3, -0.25) is 9.62 Å². The number of anilines is 1. The van der Waals surface area contributed by atoms with Crippen molar-refractivity contribution in [1.29, 1.82) is 0 Å². The van der Waals surface area contributed by atoms with Gasteiger partial charge in [0.15, 0.2) is 5.13 Å². The summed E-state index contributed by atoms with van der Waals surface area (Å²) in [7, 11) is -2.34. The zero-order chi connectivity index (χ0) is 22.2. The third-order valence-electron chi connectivity index (χ3n) is 6.03. The number of fused-ring (bicyclic) bond motifs is 1. The van der Waals surface area contributed by atoms with Gasteiger partial charge in [-0.05, 0) is 86.7 Å². The molecule has 2 heterocycles. The van der Waals surface area contributed by atoms with Crippen LogP contribution in [0, 0.1) is 19.8 Å². The van der Waals surface area contributed by atoms with Crippen LogP contribution in [0.25, 0.3) is 10.2 Å². The first-order valence-corrected chi connectivity index (χ1v) is 12.8. The molecule has 0 radical (unpaired) electrons. The molecule has 8 heteroatoms. The molecule has 0 atom stereocenters. The average molecular weight is 460 g/mol. The van der Waals surface area contributed by atoms with E-state index >= 15 is 0 Å². The van der Waals surface area contributed by atoms with E-state index in [1.54, 1.807) is 12.1 Å². The summed E-state index contributed by atoms with van der Waals surface area (Å²) in [6.07, 6.45) is 2.49. The maximum atomic E-state index is 13.0. The van der Waals surface area contributed by atoms with E-state index in [0.29, 0.717) is 10.9 Å². The Bertz CT molecular complexity index is 1200. The molecule has 4 rings (SSSR count). The highest BCUT2D eigenvalue weighted by atomic mass is 32.2. The van der Waals surface area contributed by atoms with Crippen LogP contribution in [0.4, 0.5) is 5.13 Å². The number of piperidine rings is 1. The molecule has 0 saturated carbocycles. The molecule has 2 aromatic carbocycles. The number of benzene rings is 2. The monoisotopic (exact) mass is 459 g/mol. The summed E-state index contributed by atoms with van der Waals surface area (Å²) in [6, 6.07) is 9.57. The van der Waals surface area contributed by atoms with Crippen molar-refractivity contribution in [2.45, 2.75) is 45.1 Å². The first-order valence-electron chi connectivity index (χ1n) is 10.5. The molecular formula is C23H29N3O3S2. The van der Waals surface area contributed by atoms with Crippen molar-refractivity contribution in [3.05, 3.63) is 47.0 Å². The number of thiazole rings is 1. The van der Waals surface area contributed by atoms with Crippen molar-refractivity contribution in [2.24, 2.45) is 5.92 Å². The van der Waals surface area contributed by atoms with Gasteiger partial charge < -0.3 is 4.74 Å². The minimum absolute atomic E-state index is 0.123. The third-order valence-corrected chi connectivity index (χ3v) is 8.45. The first-order chi connectivity index (χ1) is 14.7. The van der Waals surface area contributed by atoms with E-state index in [-0.39, 0.29) is 4.90 Å². The van der Waals surface area contributed by atoms with Crippen molar-refractivity contribution >= 4 is 36.7 Å². The zero-order valence-electron chi connectivity index (χ0n) is 18.4. The quantitative estimate of drug-likeness (QED) is 0.564. The Morgan fingerprint density at radius 1 is 1.16 bits per heavy atom. The molecule has 0 aliphatic carbocycles. The number of hydrogen-bond donors (Lipinski definition) is 1. The highest BCUT2D eigenvalue weighted by molar-refractivity contribution is 7.93. The van der Waals surface area contributed by atoms with Crippen LogP contribution in [0.15, 0.2) is 35.2 Å². The fraction of sp³-hybridized carbons (Fsp3) is 0.435. The molecule has 0 unspecified atom stereocenters. The first kappa shape index (κ1) is 22.0. The van der Waals surface area contributed by atoms with Crippen molar-refractivity contribution in [2.75, 3.05) is 24.9 Å². The molecule has 6 nitrogen and oxygen atoms in total. The van der Waals surface area contributed by atoms with Gasteiger partial charge in [0, 0.05) is 6.54 Å². The Labute approximate surface area is 188 Å². The number of sulfonamides is 1. The van der Waals surface area contributed by atoms with E-state index in [1.807, 2.05) is 19.9 Å². The smallest absolute Gasteiger partial charge is 0.267 e. The van der Waals surface area contributed by atoms with Crippen LogP contribution in [-0.2, 0) is 16.6 Å². The minimum atomic E-state index is -3.82. The van der Waals surface area contributed by atoms with Crippen LogP contribution in [0.1, 0.15) is 36.5 Å². The molecule has 1 aliphatic heterocycles. The van der Waals surface area contributed by atoms with Gasteiger partial charge >= 0.3 is 0 Å². The SMILES string of the molecule is COc1cc(C)c(C)cc1S(=O)(=O)Nc1nc2ccc(CN3CCC(C)CC3)cc2s1. The fourth-order valence-electron chi connectivity index (χ4n) is 3.89. The largest absolute Gasteiger partial charge is 0.495 e. The second-order valence-electron chi connectivity index (χ2n) is 8.47. The van der Waals surface area contributed by atoms with Gasteiger partial charge in [-0.25, -0.2) is 13.4 Å². The van der Waals surface area contributed by atoms with Crippen LogP contribution in [-0.4, -0.2) is 38.5 Å². The normalized spacial score (nSPS) is 16.0. The number of rotatable bonds is 6. The molecule has 1 fully saturated rings. The van der Waals surface area contributed by atoms with Crippen LogP contribution < -0.4 is 9.46 Å². The lowest BCUT2D eigenvalue weighted by atomic mass is 9.99. The highest BCUT2D eigenvalue weighted by Crippen LogP contribution is 2.32. The number of aryl methyl sites for hydroxylation is 2. The Morgan fingerprint density at radius 2 is 1.87 bits per heavy atom. The van der Waals surface area contributed by atoms with Crippen molar-refractivity contribution in [3.63, 3.8) is 0 Å². The van der Waals surface area contributed by atoms with E-state index in [9.17, 15) is 8.42 Å². The van der Waals surface area contributed by atoms with Gasteiger partial charge in [-0.1, -0.05) is 24.3 Å². The predicted octanol–water partition coefficient (Wildman–Crippen LogP) is 4.95. The second-order valence-corrected chi connectivity index (χ2v) is 11.2. The fourth-order valence-corrected chi connectivity index (χ4v) is 6.29. The van der Waals surface area contributed by atoms with Gasteiger partial charge in [-0.2, -0.15) is 0 Å². The Morgan fingerprint density at radius 3 is 2.58 bits per heavy atom. The third kappa shape index (κ3) is 4.86. The Hall–Kier alpha value is -2.16. The summed E-state index contributed by atoms with van der Waals surface area (Å²) in [5, 5.41) is 0.360. The van der Waals surface area contributed by atoms with E-state index in [2.05, 4.69) is 33.7 Å². The van der Waals surface area contributed by atoms with Crippen molar-refractivity contribution in [1.82, 2.24) is 9.88 Å². The number of ether oxygens (including phenoxy) is 1.